The zero-order valence-corrected chi connectivity index (χ0v) is 14.0. The van der Waals surface area contributed by atoms with Crippen molar-refractivity contribution in [3.05, 3.63) is 29.6 Å². The monoisotopic (exact) mass is 306 g/mol. The van der Waals surface area contributed by atoms with Crippen LogP contribution >= 0.6 is 0 Å². The van der Waals surface area contributed by atoms with Crippen LogP contribution in [0.3, 0.4) is 0 Å². The summed E-state index contributed by atoms with van der Waals surface area (Å²) in [6.45, 7) is 13.6. The van der Waals surface area contributed by atoms with Gasteiger partial charge in [-0.25, -0.2) is 4.57 Å². The average Bonchev–Trinajstić information content (AvgIpc) is 2.11. The van der Waals surface area contributed by atoms with Gasteiger partial charge in [-0.1, -0.05) is 41.5 Å². The van der Waals surface area contributed by atoms with E-state index in [2.05, 4.69) is 71.4 Å². The van der Waals surface area contributed by atoms with Gasteiger partial charge in [-0.15, -0.1) is 0 Å². The van der Waals surface area contributed by atoms with E-state index >= 15 is 0 Å². The average molecular weight is 307 g/mol. The summed E-state index contributed by atoms with van der Waals surface area (Å²) in [5, 5.41) is 0. The van der Waals surface area contributed by atoms with Crippen LogP contribution in [0.2, 0.25) is 0 Å². The molecule has 0 saturated heterocycles. The van der Waals surface area contributed by atoms with Gasteiger partial charge in [-0.05, 0) is 6.07 Å². The predicted octanol–water partition coefficient (Wildman–Crippen LogP) is -1.02. The standard InChI is InChI=1S/C14H24N.ClHO4/c1-13(2,3)11-9-8-10-12(15(11)7)14(4,5)6;2-1(3,4)5/h8-10H,1-7H3;(H,2,3,4,5)/q+1;. The number of hydrogen-bond donors (Lipinski definition) is 1. The van der Waals surface area contributed by atoms with Gasteiger partial charge in [0.05, 0.1) is 14.9 Å². The molecule has 0 radical (unpaired) electrons. The van der Waals surface area contributed by atoms with Crippen LogP contribution in [0.25, 0.3) is 0 Å². The van der Waals surface area contributed by atoms with Crippen molar-refractivity contribution in [3.63, 3.8) is 0 Å². The lowest BCUT2D eigenvalue weighted by Gasteiger charge is -2.21. The molecule has 0 amide bonds. The quantitative estimate of drug-likeness (QED) is 0.621. The van der Waals surface area contributed by atoms with Gasteiger partial charge in [0.25, 0.3) is 0 Å². The maximum Gasteiger partial charge on any atom is 0.186 e. The summed E-state index contributed by atoms with van der Waals surface area (Å²) in [7, 11) is -2.53. The first-order chi connectivity index (χ1) is 8.64. The number of rotatable bonds is 0. The van der Waals surface area contributed by atoms with E-state index in [4.69, 9.17) is 18.6 Å². The summed E-state index contributed by atoms with van der Waals surface area (Å²) in [6, 6.07) is 6.60. The van der Waals surface area contributed by atoms with E-state index in [0.29, 0.717) is 0 Å². The Hall–Kier alpha value is -0.720. The third-order valence-corrected chi connectivity index (χ3v) is 2.77. The Kier molecular flexibility index (Phi) is 6.14. The Balaban J connectivity index is 0.000000621. The molecule has 0 atom stereocenters. The summed E-state index contributed by atoms with van der Waals surface area (Å²) in [5.41, 5.74) is 3.18. The molecule has 1 heterocycles. The third-order valence-electron chi connectivity index (χ3n) is 2.77. The largest absolute Gasteiger partial charge is 0.202 e. The summed E-state index contributed by atoms with van der Waals surface area (Å²) >= 11 is 0. The first-order valence-electron chi connectivity index (χ1n) is 6.27. The van der Waals surface area contributed by atoms with Crippen LogP contribution in [-0.2, 0) is 17.9 Å². The van der Waals surface area contributed by atoms with Gasteiger partial charge in [-0.2, -0.15) is 14.0 Å². The highest BCUT2D eigenvalue weighted by Gasteiger charge is 2.29. The van der Waals surface area contributed by atoms with E-state index in [1.165, 1.54) is 11.4 Å². The van der Waals surface area contributed by atoms with Crippen LogP contribution in [0.5, 0.6) is 0 Å². The Labute approximate surface area is 123 Å². The topological polar surface area (TPSA) is 93.3 Å². The molecule has 5 nitrogen and oxygen atoms in total. The minimum Gasteiger partial charge on any atom is -0.202 e. The highest BCUT2D eigenvalue weighted by molar-refractivity contribution is 5.14. The lowest BCUT2D eigenvalue weighted by atomic mass is 9.87. The Morgan fingerprint density at radius 1 is 0.900 bits per heavy atom. The second-order valence-corrected chi connectivity index (χ2v) is 7.54. The van der Waals surface area contributed by atoms with Gasteiger partial charge in [0.2, 0.25) is 0 Å². The van der Waals surface area contributed by atoms with Crippen LogP contribution in [0, 0.1) is 10.2 Å². The van der Waals surface area contributed by atoms with Crippen LogP contribution in [-0.4, -0.2) is 4.66 Å². The molecule has 0 saturated carbocycles. The van der Waals surface area contributed by atoms with Gasteiger partial charge in [-0.3, -0.25) is 0 Å². The van der Waals surface area contributed by atoms with E-state index in [-0.39, 0.29) is 10.8 Å². The number of nitrogens with zero attached hydrogens (tertiary/aromatic N) is 1. The van der Waals surface area contributed by atoms with Gasteiger partial charge in [0.1, 0.15) is 7.05 Å². The Morgan fingerprint density at radius 3 is 1.35 bits per heavy atom. The fraction of sp³-hybridized carbons (Fsp3) is 0.643. The minimum atomic E-state index is -4.69. The van der Waals surface area contributed by atoms with Crippen molar-refractivity contribution in [2.75, 3.05) is 0 Å². The molecule has 0 aromatic carbocycles. The van der Waals surface area contributed by atoms with Crippen molar-refractivity contribution in [1.82, 2.24) is 0 Å². The zero-order valence-electron chi connectivity index (χ0n) is 13.2. The van der Waals surface area contributed by atoms with E-state index in [1.54, 1.807) is 0 Å². The van der Waals surface area contributed by atoms with Crippen LogP contribution in [0.15, 0.2) is 18.2 Å². The molecule has 0 aliphatic heterocycles. The maximum atomic E-state index is 8.60. The minimum absolute atomic E-state index is 0.204. The molecule has 0 aliphatic carbocycles. The van der Waals surface area contributed by atoms with Gasteiger partial charge in [0.15, 0.2) is 11.4 Å². The SMILES string of the molecule is C[n+]1c(C(C)(C)C)cccc1C(C)(C)C.[O-][Cl+3]([O-])([O-])O. The normalized spacial score (nSPS) is 12.8. The maximum absolute atomic E-state index is 8.60. The van der Waals surface area contributed by atoms with Crippen molar-refractivity contribution >= 4 is 0 Å². The molecule has 1 aromatic rings. The number of hydrogen-bond acceptors (Lipinski definition) is 4. The van der Waals surface area contributed by atoms with Crippen molar-refractivity contribution < 1.29 is 33.4 Å². The van der Waals surface area contributed by atoms with E-state index in [1.807, 2.05) is 0 Å². The van der Waals surface area contributed by atoms with E-state index in [0.717, 1.165) is 0 Å². The molecule has 0 aliphatic rings. The van der Waals surface area contributed by atoms with Gasteiger partial charge in [0, 0.05) is 23.0 Å². The number of halogens is 1. The van der Waals surface area contributed by atoms with Crippen molar-refractivity contribution in [2.45, 2.75) is 52.4 Å². The fourth-order valence-corrected chi connectivity index (χ4v) is 2.09. The highest BCUT2D eigenvalue weighted by atomic mass is 35.7. The Bertz CT molecular complexity index is 404. The highest BCUT2D eigenvalue weighted by Crippen LogP contribution is 2.23. The molecule has 6 heteroatoms. The van der Waals surface area contributed by atoms with Crippen LogP contribution in [0.4, 0.5) is 0 Å². The van der Waals surface area contributed by atoms with Gasteiger partial charge < -0.3 is 0 Å². The lowest BCUT2D eigenvalue weighted by molar-refractivity contribution is -1.92. The summed E-state index contributed by atoms with van der Waals surface area (Å²) in [5.74, 6) is 0. The number of pyridine rings is 1. The predicted molar refractivity (Wildman–Crippen MR) is 67.2 cm³/mol. The molecular weight excluding hydrogens is 282 g/mol. The molecule has 1 aromatic heterocycles. The van der Waals surface area contributed by atoms with Crippen molar-refractivity contribution in [2.24, 2.45) is 7.05 Å². The first-order valence-corrected chi connectivity index (χ1v) is 7.53. The molecule has 0 unspecified atom stereocenters. The van der Waals surface area contributed by atoms with Crippen LogP contribution in [0.1, 0.15) is 52.9 Å². The summed E-state index contributed by atoms with van der Waals surface area (Å²) < 4.78 is 35.1. The summed E-state index contributed by atoms with van der Waals surface area (Å²) in [4.78, 5) is 0. The first kappa shape index (κ1) is 19.3. The summed E-state index contributed by atoms with van der Waals surface area (Å²) in [6.07, 6.45) is 0. The molecule has 1 N–H and O–H groups in total. The van der Waals surface area contributed by atoms with Crippen molar-refractivity contribution in [1.29, 1.82) is 0 Å². The van der Waals surface area contributed by atoms with Gasteiger partial charge >= 0.3 is 0 Å². The second kappa shape index (κ2) is 6.37. The number of aromatic nitrogens is 1. The molecular formula is C14H25ClNO4+. The lowest BCUT2D eigenvalue weighted by Crippen LogP contribution is -2.58. The second-order valence-electron chi connectivity index (χ2n) is 6.75. The Morgan fingerprint density at radius 2 is 1.15 bits per heavy atom. The molecule has 0 spiro atoms. The van der Waals surface area contributed by atoms with E-state index < -0.39 is 10.2 Å². The fourth-order valence-electron chi connectivity index (χ4n) is 2.09. The molecule has 0 bridgehead atoms. The zero-order chi connectivity index (χ0) is 16.4. The van der Waals surface area contributed by atoms with Crippen LogP contribution < -0.4 is 18.5 Å². The van der Waals surface area contributed by atoms with Crippen molar-refractivity contribution in [3.8, 4) is 0 Å². The third kappa shape index (κ3) is 7.17. The molecule has 1 rings (SSSR count). The van der Waals surface area contributed by atoms with E-state index in [9.17, 15) is 0 Å². The molecule has 0 fully saturated rings. The molecule has 20 heavy (non-hydrogen) atoms. The molecule has 116 valence electrons. The smallest absolute Gasteiger partial charge is 0.186 e.